The third kappa shape index (κ3) is 4.44. The number of hydrogen-bond donors (Lipinski definition) is 2. The fraction of sp³-hybridized carbons (Fsp3) is 0.118. The van der Waals surface area contributed by atoms with Crippen LogP contribution in [0.4, 0.5) is 4.79 Å². The van der Waals surface area contributed by atoms with Crippen LogP contribution in [0.15, 0.2) is 59.1 Å². The highest BCUT2D eigenvalue weighted by Gasteiger charge is 2.17. The molecule has 0 bridgehead atoms. The zero-order valence-corrected chi connectivity index (χ0v) is 15.5. The van der Waals surface area contributed by atoms with Crippen LogP contribution >= 0.6 is 11.3 Å². The SMILES string of the molecule is Cc1ccc(S(=O)(=O)NC(=O)NCc2nc(-c3cccnc3)cs2)cc1. The van der Waals surface area contributed by atoms with Crippen LogP contribution in [0.1, 0.15) is 10.6 Å². The first kappa shape index (κ1) is 18.0. The van der Waals surface area contributed by atoms with Gasteiger partial charge in [0.2, 0.25) is 0 Å². The van der Waals surface area contributed by atoms with E-state index >= 15 is 0 Å². The number of urea groups is 1. The van der Waals surface area contributed by atoms with Crippen molar-refractivity contribution in [2.24, 2.45) is 0 Å². The van der Waals surface area contributed by atoms with Gasteiger partial charge in [0, 0.05) is 23.3 Å². The van der Waals surface area contributed by atoms with E-state index in [0.29, 0.717) is 5.01 Å². The van der Waals surface area contributed by atoms with Crippen molar-refractivity contribution in [1.82, 2.24) is 20.0 Å². The number of sulfonamides is 1. The Morgan fingerprint density at radius 3 is 2.65 bits per heavy atom. The lowest BCUT2D eigenvalue weighted by Crippen LogP contribution is -2.39. The van der Waals surface area contributed by atoms with Gasteiger partial charge in [-0.3, -0.25) is 4.98 Å². The number of nitrogens with zero attached hydrogens (tertiary/aromatic N) is 2. The average Bonchev–Trinajstić information content (AvgIpc) is 3.10. The van der Waals surface area contributed by atoms with E-state index < -0.39 is 16.1 Å². The lowest BCUT2D eigenvalue weighted by atomic mass is 10.2. The first-order valence-electron chi connectivity index (χ1n) is 7.66. The number of carbonyl (C=O) groups excluding carboxylic acids is 1. The van der Waals surface area contributed by atoms with Crippen LogP contribution in [0.2, 0.25) is 0 Å². The Morgan fingerprint density at radius 2 is 1.96 bits per heavy atom. The molecule has 2 amide bonds. The molecule has 9 heteroatoms. The van der Waals surface area contributed by atoms with Crippen molar-refractivity contribution in [2.45, 2.75) is 18.4 Å². The van der Waals surface area contributed by atoms with Crippen molar-refractivity contribution < 1.29 is 13.2 Å². The Kier molecular flexibility index (Phi) is 5.29. The molecule has 3 rings (SSSR count). The lowest BCUT2D eigenvalue weighted by molar-refractivity contribution is 0.245. The second-order valence-corrected chi connectivity index (χ2v) is 8.09. The normalized spacial score (nSPS) is 11.1. The van der Waals surface area contributed by atoms with Gasteiger partial charge in [-0.2, -0.15) is 0 Å². The van der Waals surface area contributed by atoms with Gasteiger partial charge in [-0.25, -0.2) is 22.9 Å². The molecule has 0 aliphatic heterocycles. The molecule has 0 saturated carbocycles. The number of amides is 2. The Hall–Kier alpha value is -2.78. The number of rotatable bonds is 5. The van der Waals surface area contributed by atoms with E-state index in [-0.39, 0.29) is 11.4 Å². The summed E-state index contributed by atoms with van der Waals surface area (Å²) < 4.78 is 26.3. The second-order valence-electron chi connectivity index (χ2n) is 5.47. The Balaban J connectivity index is 1.59. The molecule has 1 aromatic carbocycles. The van der Waals surface area contributed by atoms with E-state index in [4.69, 9.17) is 0 Å². The molecule has 7 nitrogen and oxygen atoms in total. The number of thiazole rings is 1. The van der Waals surface area contributed by atoms with E-state index in [1.165, 1.54) is 23.5 Å². The van der Waals surface area contributed by atoms with Gasteiger partial charge >= 0.3 is 6.03 Å². The number of pyridine rings is 1. The zero-order chi connectivity index (χ0) is 18.6. The number of aryl methyl sites for hydroxylation is 1. The third-order valence-corrected chi connectivity index (χ3v) is 5.66. The Labute approximate surface area is 155 Å². The van der Waals surface area contributed by atoms with Crippen LogP contribution in [0.5, 0.6) is 0 Å². The van der Waals surface area contributed by atoms with E-state index in [2.05, 4.69) is 15.3 Å². The van der Waals surface area contributed by atoms with Crippen LogP contribution < -0.4 is 10.0 Å². The van der Waals surface area contributed by atoms with Gasteiger partial charge in [-0.05, 0) is 31.2 Å². The quantitative estimate of drug-likeness (QED) is 0.700. The highest BCUT2D eigenvalue weighted by Crippen LogP contribution is 2.20. The van der Waals surface area contributed by atoms with Gasteiger partial charge < -0.3 is 5.32 Å². The van der Waals surface area contributed by atoms with Gasteiger partial charge in [0.05, 0.1) is 17.1 Å². The lowest BCUT2D eigenvalue weighted by Gasteiger charge is -2.08. The van der Waals surface area contributed by atoms with Gasteiger partial charge in [-0.15, -0.1) is 11.3 Å². The van der Waals surface area contributed by atoms with Gasteiger partial charge in [0.1, 0.15) is 5.01 Å². The third-order valence-electron chi connectivity index (χ3n) is 3.47. The summed E-state index contributed by atoms with van der Waals surface area (Å²) in [6, 6.07) is 9.14. The molecule has 0 radical (unpaired) electrons. The van der Waals surface area contributed by atoms with E-state index in [1.807, 2.05) is 29.2 Å². The molecule has 0 fully saturated rings. The number of carbonyl (C=O) groups is 1. The van der Waals surface area contributed by atoms with Crippen molar-refractivity contribution in [3.8, 4) is 11.3 Å². The number of nitrogens with one attached hydrogen (secondary N) is 2. The summed E-state index contributed by atoms with van der Waals surface area (Å²) in [5, 5.41) is 5.02. The molecule has 26 heavy (non-hydrogen) atoms. The Bertz CT molecular complexity index is 1000. The maximum atomic E-state index is 12.2. The maximum absolute atomic E-state index is 12.2. The minimum absolute atomic E-state index is 0.0337. The fourth-order valence-electron chi connectivity index (χ4n) is 2.13. The van der Waals surface area contributed by atoms with Crippen LogP contribution in [0, 0.1) is 6.92 Å². The molecule has 3 aromatic rings. The minimum Gasteiger partial charge on any atom is -0.331 e. The first-order chi connectivity index (χ1) is 12.4. The van der Waals surface area contributed by atoms with Crippen LogP contribution in [-0.4, -0.2) is 24.4 Å². The van der Waals surface area contributed by atoms with Crippen molar-refractivity contribution >= 4 is 27.4 Å². The molecule has 0 saturated heterocycles. The van der Waals surface area contributed by atoms with Crippen molar-refractivity contribution in [3.05, 3.63) is 64.7 Å². The van der Waals surface area contributed by atoms with Crippen molar-refractivity contribution in [1.29, 1.82) is 0 Å². The number of hydrogen-bond acceptors (Lipinski definition) is 6. The molecule has 2 aromatic heterocycles. The maximum Gasteiger partial charge on any atom is 0.329 e. The molecule has 134 valence electrons. The monoisotopic (exact) mass is 388 g/mol. The summed E-state index contributed by atoms with van der Waals surface area (Å²) in [7, 11) is -3.91. The first-order valence-corrected chi connectivity index (χ1v) is 10.0. The largest absolute Gasteiger partial charge is 0.331 e. The van der Waals surface area contributed by atoms with Gasteiger partial charge in [0.25, 0.3) is 10.0 Å². The summed E-state index contributed by atoms with van der Waals surface area (Å²) in [6.45, 7) is 1.98. The van der Waals surface area contributed by atoms with Crippen LogP contribution in [0.25, 0.3) is 11.3 Å². The molecule has 0 unspecified atom stereocenters. The summed E-state index contributed by atoms with van der Waals surface area (Å²) in [4.78, 5) is 20.4. The highest BCUT2D eigenvalue weighted by atomic mass is 32.2. The average molecular weight is 388 g/mol. The molecule has 0 aliphatic carbocycles. The molecular formula is C17H16N4O3S2. The van der Waals surface area contributed by atoms with Crippen molar-refractivity contribution in [3.63, 3.8) is 0 Å². The molecule has 2 N–H and O–H groups in total. The minimum atomic E-state index is -3.91. The molecule has 0 atom stereocenters. The van der Waals surface area contributed by atoms with E-state index in [1.54, 1.807) is 24.5 Å². The summed E-state index contributed by atoms with van der Waals surface area (Å²) in [5.41, 5.74) is 2.57. The van der Waals surface area contributed by atoms with Gasteiger partial charge in [-0.1, -0.05) is 17.7 Å². The van der Waals surface area contributed by atoms with E-state index in [9.17, 15) is 13.2 Å². The van der Waals surface area contributed by atoms with Crippen molar-refractivity contribution in [2.75, 3.05) is 0 Å². The molecule has 0 aliphatic rings. The van der Waals surface area contributed by atoms with Crippen LogP contribution in [-0.2, 0) is 16.6 Å². The topological polar surface area (TPSA) is 101 Å². The fourth-order valence-corrected chi connectivity index (χ4v) is 3.80. The Morgan fingerprint density at radius 1 is 1.19 bits per heavy atom. The standard InChI is InChI=1S/C17H16N4O3S2/c1-12-4-6-14(7-5-12)26(23,24)21-17(22)19-10-16-20-15(11-25-16)13-3-2-8-18-9-13/h2-9,11H,10H2,1H3,(H2,19,21,22). The predicted octanol–water partition coefficient (Wildman–Crippen LogP) is 2.70. The predicted molar refractivity (Wildman–Crippen MR) is 99.1 cm³/mol. The van der Waals surface area contributed by atoms with E-state index in [0.717, 1.165) is 16.8 Å². The summed E-state index contributed by atoms with van der Waals surface area (Å²) in [6.07, 6.45) is 3.38. The second kappa shape index (κ2) is 7.63. The zero-order valence-electron chi connectivity index (χ0n) is 13.8. The molecule has 0 spiro atoms. The summed E-state index contributed by atoms with van der Waals surface area (Å²) >= 11 is 1.37. The number of aromatic nitrogens is 2. The summed E-state index contributed by atoms with van der Waals surface area (Å²) in [5.74, 6) is 0. The smallest absolute Gasteiger partial charge is 0.329 e. The number of benzene rings is 1. The molecule has 2 heterocycles. The van der Waals surface area contributed by atoms with Gasteiger partial charge in [0.15, 0.2) is 0 Å². The molecular weight excluding hydrogens is 372 g/mol. The highest BCUT2D eigenvalue weighted by molar-refractivity contribution is 7.90. The van der Waals surface area contributed by atoms with Crippen LogP contribution in [0.3, 0.4) is 0 Å².